The number of aromatic amines is 1. The summed E-state index contributed by atoms with van der Waals surface area (Å²) in [7, 11) is -3.16. The zero-order valence-electron chi connectivity index (χ0n) is 15.8. The average molecular weight is 400 g/mol. The van der Waals surface area contributed by atoms with Gasteiger partial charge in [-0.2, -0.15) is 5.10 Å². The number of H-pyrrole nitrogens is 1. The van der Waals surface area contributed by atoms with Gasteiger partial charge in [0.25, 0.3) is 0 Å². The summed E-state index contributed by atoms with van der Waals surface area (Å²) >= 11 is 0. The van der Waals surface area contributed by atoms with Crippen LogP contribution in [0.4, 0.5) is 0 Å². The molecule has 3 heterocycles. The maximum absolute atomic E-state index is 12.4. The molecule has 5 rings (SSSR count). The Morgan fingerprint density at radius 3 is 2.68 bits per heavy atom. The maximum Gasteiger partial charge on any atom is 0.212 e. The van der Waals surface area contributed by atoms with Gasteiger partial charge >= 0.3 is 0 Å². The Morgan fingerprint density at radius 1 is 1.11 bits per heavy atom. The quantitative estimate of drug-likeness (QED) is 0.686. The fourth-order valence-corrected chi connectivity index (χ4v) is 6.48. The zero-order chi connectivity index (χ0) is 19.1. The number of pyridine rings is 1. The summed E-state index contributed by atoms with van der Waals surface area (Å²) < 4.78 is 27.7. The van der Waals surface area contributed by atoms with Crippen LogP contribution >= 0.6 is 0 Å². The number of fused-ring (bicyclic) bond motifs is 3. The van der Waals surface area contributed by atoms with Gasteiger partial charge in [0.05, 0.1) is 18.1 Å². The monoisotopic (exact) mass is 399 g/mol. The summed E-state index contributed by atoms with van der Waals surface area (Å²) in [6.07, 6.45) is 12.5. The van der Waals surface area contributed by atoms with E-state index in [9.17, 15) is 8.42 Å². The second-order valence-corrected chi connectivity index (χ2v) is 10.1. The molecule has 0 radical (unpaired) electrons. The molecule has 3 aromatic heterocycles. The van der Waals surface area contributed by atoms with Crippen molar-refractivity contribution in [2.75, 3.05) is 5.75 Å². The van der Waals surface area contributed by atoms with Crippen LogP contribution in [0.2, 0.25) is 0 Å². The van der Waals surface area contributed by atoms with Crippen molar-refractivity contribution in [3.63, 3.8) is 0 Å². The zero-order valence-corrected chi connectivity index (χ0v) is 16.6. The van der Waals surface area contributed by atoms with E-state index in [2.05, 4.69) is 24.9 Å². The topological polar surface area (TPSA) is 101 Å². The normalized spacial score (nSPS) is 23.9. The molecule has 2 saturated carbocycles. The molecule has 2 aliphatic rings. The highest BCUT2D eigenvalue weighted by molar-refractivity contribution is 7.89. The van der Waals surface area contributed by atoms with Crippen LogP contribution in [-0.4, -0.2) is 40.4 Å². The Morgan fingerprint density at radius 2 is 1.93 bits per heavy atom. The Hall–Kier alpha value is -2.06. The summed E-state index contributed by atoms with van der Waals surface area (Å²) in [6, 6.07) is 2.22. The minimum Gasteiger partial charge on any atom is -0.346 e. The molecule has 0 bridgehead atoms. The second kappa shape index (κ2) is 7.08. The number of hydrogen-bond acceptors (Lipinski definition) is 5. The van der Waals surface area contributed by atoms with Crippen molar-refractivity contribution in [1.82, 2.24) is 24.9 Å². The molecule has 148 valence electrons. The molecule has 8 heteroatoms. The highest BCUT2D eigenvalue weighted by Gasteiger charge is 2.30. The molecule has 3 aromatic rings. The van der Waals surface area contributed by atoms with Gasteiger partial charge in [0.2, 0.25) is 10.0 Å². The van der Waals surface area contributed by atoms with Gasteiger partial charge < -0.3 is 4.98 Å². The van der Waals surface area contributed by atoms with E-state index in [0.29, 0.717) is 5.92 Å². The van der Waals surface area contributed by atoms with Crippen LogP contribution in [-0.2, 0) is 10.0 Å². The van der Waals surface area contributed by atoms with E-state index in [1.807, 2.05) is 18.5 Å². The smallest absolute Gasteiger partial charge is 0.212 e. The molecule has 2 fully saturated rings. The highest BCUT2D eigenvalue weighted by atomic mass is 32.2. The number of aromatic nitrogens is 4. The first-order chi connectivity index (χ1) is 13.6. The van der Waals surface area contributed by atoms with Gasteiger partial charge in [-0.15, -0.1) is 5.10 Å². The van der Waals surface area contributed by atoms with Crippen molar-refractivity contribution >= 4 is 32.0 Å². The van der Waals surface area contributed by atoms with Gasteiger partial charge in [0.15, 0.2) is 0 Å². The van der Waals surface area contributed by atoms with E-state index in [0.717, 1.165) is 66.9 Å². The van der Waals surface area contributed by atoms with E-state index in [4.69, 9.17) is 0 Å². The third-order valence-electron chi connectivity index (χ3n) is 6.41. The molecule has 0 spiro atoms. The third-order valence-corrected chi connectivity index (χ3v) is 8.01. The van der Waals surface area contributed by atoms with Crippen molar-refractivity contribution in [3.8, 4) is 0 Å². The minimum absolute atomic E-state index is 0.174. The molecule has 0 aliphatic heterocycles. The van der Waals surface area contributed by atoms with Crippen molar-refractivity contribution in [3.05, 3.63) is 30.2 Å². The fourth-order valence-electron chi connectivity index (χ4n) is 4.68. The lowest BCUT2D eigenvalue weighted by molar-refractivity contribution is 0.343. The summed E-state index contributed by atoms with van der Waals surface area (Å²) in [5.41, 5.74) is 2.90. The van der Waals surface area contributed by atoms with Crippen LogP contribution in [0.3, 0.4) is 0 Å². The third kappa shape index (κ3) is 3.39. The Balaban J connectivity index is 1.32. The van der Waals surface area contributed by atoms with E-state index in [-0.39, 0.29) is 17.7 Å². The SMILES string of the molecule is O=S(=O)(CC1CCC(c2cnnc3cnc4[nH]ccc4c23)CC1)NC1CCC1. The van der Waals surface area contributed by atoms with Crippen LogP contribution in [0.15, 0.2) is 24.7 Å². The number of hydrogen-bond donors (Lipinski definition) is 2. The van der Waals surface area contributed by atoms with E-state index < -0.39 is 10.0 Å². The minimum atomic E-state index is -3.16. The molecule has 0 unspecified atom stereocenters. The lowest BCUT2D eigenvalue weighted by atomic mass is 9.79. The van der Waals surface area contributed by atoms with E-state index in [1.165, 1.54) is 5.56 Å². The van der Waals surface area contributed by atoms with Gasteiger partial charge in [-0.1, -0.05) is 6.42 Å². The molecular weight excluding hydrogens is 374 g/mol. The second-order valence-electron chi connectivity index (χ2n) is 8.30. The molecule has 0 atom stereocenters. The summed E-state index contributed by atoms with van der Waals surface area (Å²) in [5.74, 6) is 0.887. The summed E-state index contributed by atoms with van der Waals surface area (Å²) in [6.45, 7) is 0. The van der Waals surface area contributed by atoms with Crippen molar-refractivity contribution < 1.29 is 8.42 Å². The Kier molecular flexibility index (Phi) is 4.55. The number of sulfonamides is 1. The Bertz CT molecular complexity index is 1100. The first-order valence-corrected chi connectivity index (χ1v) is 11.8. The lowest BCUT2D eigenvalue weighted by Gasteiger charge is -2.31. The predicted octanol–water partition coefficient (Wildman–Crippen LogP) is 3.25. The first kappa shape index (κ1) is 18.0. The molecule has 0 aromatic carbocycles. The lowest BCUT2D eigenvalue weighted by Crippen LogP contribution is -2.42. The van der Waals surface area contributed by atoms with Crippen LogP contribution in [0.25, 0.3) is 21.9 Å². The van der Waals surface area contributed by atoms with Gasteiger partial charge in [0, 0.05) is 23.0 Å². The van der Waals surface area contributed by atoms with Crippen molar-refractivity contribution in [1.29, 1.82) is 0 Å². The molecule has 2 aliphatic carbocycles. The van der Waals surface area contributed by atoms with Crippen LogP contribution in [0, 0.1) is 5.92 Å². The molecule has 28 heavy (non-hydrogen) atoms. The van der Waals surface area contributed by atoms with Crippen LogP contribution in [0.1, 0.15) is 56.4 Å². The summed E-state index contributed by atoms with van der Waals surface area (Å²) in [4.78, 5) is 7.58. The van der Waals surface area contributed by atoms with Crippen molar-refractivity contribution in [2.45, 2.75) is 56.9 Å². The maximum atomic E-state index is 12.4. The Labute approximate surface area is 164 Å². The fraction of sp³-hybridized carbons (Fsp3) is 0.550. The molecule has 0 saturated heterocycles. The van der Waals surface area contributed by atoms with Crippen LogP contribution < -0.4 is 4.72 Å². The molecule has 0 amide bonds. The largest absolute Gasteiger partial charge is 0.346 e. The molecule has 7 nitrogen and oxygen atoms in total. The molecular formula is C20H25N5O2S. The van der Waals surface area contributed by atoms with E-state index >= 15 is 0 Å². The van der Waals surface area contributed by atoms with Gasteiger partial charge in [-0.05, 0) is 62.0 Å². The van der Waals surface area contributed by atoms with Crippen LogP contribution in [0.5, 0.6) is 0 Å². The van der Waals surface area contributed by atoms with Gasteiger partial charge in [-0.25, -0.2) is 18.1 Å². The predicted molar refractivity (Wildman–Crippen MR) is 108 cm³/mol. The first-order valence-electron chi connectivity index (χ1n) is 10.2. The highest BCUT2D eigenvalue weighted by Crippen LogP contribution is 2.39. The van der Waals surface area contributed by atoms with E-state index in [1.54, 1.807) is 6.20 Å². The number of rotatable bonds is 5. The van der Waals surface area contributed by atoms with Gasteiger partial charge in [-0.3, -0.25) is 0 Å². The summed E-state index contributed by atoms with van der Waals surface area (Å²) in [5, 5.41) is 10.7. The van der Waals surface area contributed by atoms with Crippen molar-refractivity contribution in [2.24, 2.45) is 5.92 Å². The number of nitrogens with zero attached hydrogens (tertiary/aromatic N) is 3. The number of nitrogens with one attached hydrogen (secondary N) is 2. The molecule has 2 N–H and O–H groups in total. The van der Waals surface area contributed by atoms with Gasteiger partial charge in [0.1, 0.15) is 11.2 Å². The standard InChI is InChI=1S/C20H25N5O2S/c26-28(27,25-15-2-1-3-15)12-13-4-6-14(7-5-13)17-10-23-24-18-11-22-20-16(19(17)18)8-9-21-20/h8-11,13-15,25H,1-7,12H2,(H,21,22). The average Bonchev–Trinajstić information content (AvgIpc) is 3.14.